The molecule has 84 valence electrons. The van der Waals surface area contributed by atoms with Gasteiger partial charge >= 0.3 is 0 Å². The fourth-order valence-electron chi connectivity index (χ4n) is 2.22. The molecule has 0 aliphatic carbocycles. The molecule has 0 aliphatic heterocycles. The number of aromatic nitrogens is 2. The van der Waals surface area contributed by atoms with Crippen LogP contribution in [0.5, 0.6) is 0 Å². The highest BCUT2D eigenvalue weighted by Gasteiger charge is 2.06. The van der Waals surface area contributed by atoms with Crippen molar-refractivity contribution in [1.29, 1.82) is 0 Å². The van der Waals surface area contributed by atoms with Crippen LogP contribution in [0.1, 0.15) is 5.56 Å². The number of aryl methyl sites for hydroxylation is 2. The van der Waals surface area contributed by atoms with Gasteiger partial charge in [0.1, 0.15) is 5.65 Å². The van der Waals surface area contributed by atoms with E-state index in [9.17, 15) is 0 Å². The second-order valence-electron chi connectivity index (χ2n) is 4.36. The van der Waals surface area contributed by atoms with Gasteiger partial charge in [-0.25, -0.2) is 4.98 Å². The van der Waals surface area contributed by atoms with Crippen molar-refractivity contribution in [2.45, 2.75) is 6.92 Å². The Morgan fingerprint density at radius 3 is 2.53 bits per heavy atom. The predicted octanol–water partition coefficient (Wildman–Crippen LogP) is 3.55. The third kappa shape index (κ3) is 1.62. The van der Waals surface area contributed by atoms with Crippen LogP contribution in [0.3, 0.4) is 0 Å². The lowest BCUT2D eigenvalue weighted by Gasteiger charge is -2.02. The van der Waals surface area contributed by atoms with Gasteiger partial charge in [-0.05, 0) is 24.6 Å². The van der Waals surface area contributed by atoms with Gasteiger partial charge in [-0.1, -0.05) is 30.3 Å². The Balaban J connectivity index is 2.24. The molecule has 2 heterocycles. The molecular formula is C15H14N2. The zero-order chi connectivity index (χ0) is 11.8. The van der Waals surface area contributed by atoms with E-state index in [0.29, 0.717) is 0 Å². The fourth-order valence-corrected chi connectivity index (χ4v) is 2.22. The van der Waals surface area contributed by atoms with E-state index in [1.165, 1.54) is 10.9 Å². The number of pyridine rings is 1. The third-order valence-electron chi connectivity index (χ3n) is 3.09. The van der Waals surface area contributed by atoms with Gasteiger partial charge < -0.3 is 4.57 Å². The van der Waals surface area contributed by atoms with Crippen molar-refractivity contribution < 1.29 is 0 Å². The summed E-state index contributed by atoms with van der Waals surface area (Å²) in [7, 11) is 2.04. The van der Waals surface area contributed by atoms with Crippen LogP contribution >= 0.6 is 0 Å². The molecule has 0 saturated carbocycles. The first-order valence-corrected chi connectivity index (χ1v) is 5.74. The van der Waals surface area contributed by atoms with Gasteiger partial charge in [0.15, 0.2) is 0 Å². The number of hydrogen-bond donors (Lipinski definition) is 0. The summed E-state index contributed by atoms with van der Waals surface area (Å²) in [5, 5.41) is 1.23. The predicted molar refractivity (Wildman–Crippen MR) is 70.9 cm³/mol. The lowest BCUT2D eigenvalue weighted by molar-refractivity contribution is 0.945. The van der Waals surface area contributed by atoms with E-state index in [2.05, 4.69) is 42.0 Å². The minimum Gasteiger partial charge on any atom is -0.335 e. The van der Waals surface area contributed by atoms with E-state index in [0.717, 1.165) is 16.9 Å². The molecule has 3 rings (SSSR count). The number of fused-ring (bicyclic) bond motifs is 1. The average Bonchev–Trinajstić information content (AvgIpc) is 2.66. The largest absolute Gasteiger partial charge is 0.335 e. The smallest absolute Gasteiger partial charge is 0.140 e. The van der Waals surface area contributed by atoms with Crippen LogP contribution in [0.4, 0.5) is 0 Å². The van der Waals surface area contributed by atoms with Crippen molar-refractivity contribution in [2.24, 2.45) is 7.05 Å². The molecule has 0 fully saturated rings. The Morgan fingerprint density at radius 2 is 1.76 bits per heavy atom. The number of rotatable bonds is 1. The Kier molecular flexibility index (Phi) is 2.22. The molecule has 3 aromatic rings. The normalized spacial score (nSPS) is 10.9. The quantitative estimate of drug-likeness (QED) is 0.615. The Morgan fingerprint density at radius 1 is 1.00 bits per heavy atom. The second kappa shape index (κ2) is 3.74. The van der Waals surface area contributed by atoms with Crippen molar-refractivity contribution in [2.75, 3.05) is 0 Å². The van der Waals surface area contributed by atoms with Crippen LogP contribution in [0.25, 0.3) is 22.3 Å². The Labute approximate surface area is 101 Å². The molecule has 0 unspecified atom stereocenters. The molecule has 17 heavy (non-hydrogen) atoms. The first-order chi connectivity index (χ1) is 8.25. The maximum atomic E-state index is 4.73. The van der Waals surface area contributed by atoms with Crippen molar-refractivity contribution in [3.05, 3.63) is 54.2 Å². The number of nitrogens with zero attached hydrogens (tertiary/aromatic N) is 2. The van der Waals surface area contributed by atoms with Gasteiger partial charge in [0.2, 0.25) is 0 Å². The molecule has 1 aromatic carbocycles. The maximum absolute atomic E-state index is 4.73. The van der Waals surface area contributed by atoms with Gasteiger partial charge in [0, 0.05) is 24.2 Å². The zero-order valence-electron chi connectivity index (χ0n) is 10.0. The molecule has 0 amide bonds. The maximum Gasteiger partial charge on any atom is 0.140 e. The van der Waals surface area contributed by atoms with Crippen LogP contribution < -0.4 is 0 Å². The monoisotopic (exact) mass is 222 g/mol. The minimum absolute atomic E-state index is 1.03. The van der Waals surface area contributed by atoms with Crippen molar-refractivity contribution in [3.63, 3.8) is 0 Å². The van der Waals surface area contributed by atoms with E-state index in [1.807, 2.05) is 25.2 Å². The minimum atomic E-state index is 1.03. The summed E-state index contributed by atoms with van der Waals surface area (Å²) in [5.74, 6) is 0. The van der Waals surface area contributed by atoms with Crippen LogP contribution in [-0.2, 0) is 7.05 Å². The standard InChI is InChI=1S/C15H14N2/c1-11-10-17(2)15-13(11)8-9-14(16-15)12-6-4-3-5-7-12/h3-10H,1-2H3. The molecule has 0 N–H and O–H groups in total. The van der Waals surface area contributed by atoms with Gasteiger partial charge in [0.25, 0.3) is 0 Å². The zero-order valence-corrected chi connectivity index (χ0v) is 10.0. The summed E-state index contributed by atoms with van der Waals surface area (Å²) in [6.45, 7) is 2.12. The van der Waals surface area contributed by atoms with Crippen LogP contribution in [0.15, 0.2) is 48.7 Å². The summed E-state index contributed by atoms with van der Waals surface area (Å²) >= 11 is 0. The van der Waals surface area contributed by atoms with Gasteiger partial charge in [-0.15, -0.1) is 0 Å². The Hall–Kier alpha value is -2.09. The van der Waals surface area contributed by atoms with E-state index < -0.39 is 0 Å². The van der Waals surface area contributed by atoms with E-state index in [-0.39, 0.29) is 0 Å². The Bertz CT molecular complexity index is 666. The van der Waals surface area contributed by atoms with Crippen molar-refractivity contribution in [1.82, 2.24) is 9.55 Å². The molecule has 0 radical (unpaired) electrons. The summed E-state index contributed by atoms with van der Waals surface area (Å²) in [4.78, 5) is 4.73. The van der Waals surface area contributed by atoms with Crippen LogP contribution in [0, 0.1) is 6.92 Å². The van der Waals surface area contributed by atoms with Crippen LogP contribution in [0.2, 0.25) is 0 Å². The molecule has 0 aliphatic rings. The van der Waals surface area contributed by atoms with Crippen molar-refractivity contribution in [3.8, 4) is 11.3 Å². The number of benzene rings is 1. The number of hydrogen-bond acceptors (Lipinski definition) is 1. The molecular weight excluding hydrogens is 208 g/mol. The lowest BCUT2D eigenvalue weighted by Crippen LogP contribution is -1.90. The molecule has 2 aromatic heterocycles. The summed E-state index contributed by atoms with van der Waals surface area (Å²) in [6, 6.07) is 14.5. The third-order valence-corrected chi connectivity index (χ3v) is 3.09. The first kappa shape index (κ1) is 10.1. The summed E-state index contributed by atoms with van der Waals surface area (Å²) < 4.78 is 2.08. The van der Waals surface area contributed by atoms with E-state index >= 15 is 0 Å². The molecule has 0 saturated heterocycles. The molecule has 0 bridgehead atoms. The highest BCUT2D eigenvalue weighted by Crippen LogP contribution is 2.23. The van der Waals surface area contributed by atoms with Crippen molar-refractivity contribution >= 4 is 11.0 Å². The van der Waals surface area contributed by atoms with Gasteiger partial charge in [-0.2, -0.15) is 0 Å². The highest BCUT2D eigenvalue weighted by molar-refractivity contribution is 5.82. The van der Waals surface area contributed by atoms with Gasteiger partial charge in [-0.3, -0.25) is 0 Å². The molecule has 0 spiro atoms. The lowest BCUT2D eigenvalue weighted by atomic mass is 10.1. The second-order valence-corrected chi connectivity index (χ2v) is 4.36. The van der Waals surface area contributed by atoms with E-state index in [4.69, 9.17) is 4.98 Å². The first-order valence-electron chi connectivity index (χ1n) is 5.74. The van der Waals surface area contributed by atoms with Crippen LogP contribution in [-0.4, -0.2) is 9.55 Å². The SMILES string of the molecule is Cc1cn(C)c2nc(-c3ccccc3)ccc12. The fraction of sp³-hybridized carbons (Fsp3) is 0.133. The summed E-state index contributed by atoms with van der Waals surface area (Å²) in [5.41, 5.74) is 4.51. The van der Waals surface area contributed by atoms with E-state index in [1.54, 1.807) is 0 Å². The molecule has 2 nitrogen and oxygen atoms in total. The summed E-state index contributed by atoms with van der Waals surface area (Å²) in [6.07, 6.45) is 2.12. The molecule has 0 atom stereocenters. The van der Waals surface area contributed by atoms with Gasteiger partial charge in [0.05, 0.1) is 5.69 Å². The topological polar surface area (TPSA) is 17.8 Å². The average molecular weight is 222 g/mol. The molecule has 2 heteroatoms. The highest BCUT2D eigenvalue weighted by atomic mass is 15.0.